The van der Waals surface area contributed by atoms with Gasteiger partial charge in [0, 0.05) is 42.7 Å². The summed E-state index contributed by atoms with van der Waals surface area (Å²) in [6, 6.07) is 9.24. The zero-order valence-corrected chi connectivity index (χ0v) is 18.8. The van der Waals surface area contributed by atoms with Crippen LogP contribution in [0.5, 0.6) is 0 Å². The van der Waals surface area contributed by atoms with E-state index in [2.05, 4.69) is 4.98 Å². The minimum Gasteiger partial charge on any atom is -0.376 e. The molecule has 1 amide bonds. The van der Waals surface area contributed by atoms with Crippen molar-refractivity contribution in [2.75, 3.05) is 7.11 Å². The van der Waals surface area contributed by atoms with E-state index < -0.39 is 17.4 Å². The number of hydrogen-bond acceptors (Lipinski definition) is 4. The number of nitrogens with zero attached hydrogens (tertiary/aromatic N) is 2. The Morgan fingerprint density at radius 1 is 1.09 bits per heavy atom. The molecule has 8 heteroatoms. The van der Waals surface area contributed by atoms with E-state index in [4.69, 9.17) is 4.74 Å². The summed E-state index contributed by atoms with van der Waals surface area (Å²) in [5.41, 5.74) is -2.32. The van der Waals surface area contributed by atoms with Crippen LogP contribution in [-0.2, 0) is 15.9 Å². The highest BCUT2D eigenvalue weighted by atomic mass is 19.4. The molecule has 33 heavy (non-hydrogen) atoms. The number of carbonyl (C=O) groups is 1. The molecule has 1 aromatic heterocycles. The lowest BCUT2D eigenvalue weighted by atomic mass is 9.77. The van der Waals surface area contributed by atoms with Crippen LogP contribution >= 0.6 is 0 Å². The number of ether oxygens (including phenoxy) is 1. The fraction of sp³-hybridized carbons (Fsp3) is 0.520. The molecule has 2 saturated carbocycles. The van der Waals surface area contributed by atoms with E-state index in [1.54, 1.807) is 13.3 Å². The Morgan fingerprint density at radius 2 is 1.70 bits per heavy atom. The number of rotatable bonds is 6. The number of pyridine rings is 1. The molecule has 0 aliphatic heterocycles. The molecule has 0 unspecified atom stereocenters. The summed E-state index contributed by atoms with van der Waals surface area (Å²) in [5.74, 6) is -0.174. The molecule has 2 aliphatic carbocycles. The maximum absolute atomic E-state index is 13.4. The molecule has 1 heterocycles. The van der Waals surface area contributed by atoms with Crippen LogP contribution in [0.1, 0.15) is 66.9 Å². The van der Waals surface area contributed by atoms with Gasteiger partial charge in [-0.05, 0) is 69.2 Å². The topological polar surface area (TPSA) is 62.7 Å². The normalized spacial score (nSPS) is 25.3. The summed E-state index contributed by atoms with van der Waals surface area (Å²) in [4.78, 5) is 19.5. The van der Waals surface area contributed by atoms with Crippen molar-refractivity contribution in [2.45, 2.75) is 74.9 Å². The van der Waals surface area contributed by atoms with Gasteiger partial charge in [-0.25, -0.2) is 0 Å². The molecule has 0 bridgehead atoms. The second-order valence-electron chi connectivity index (χ2n) is 9.26. The van der Waals surface area contributed by atoms with Crippen LogP contribution in [0.2, 0.25) is 0 Å². The highest BCUT2D eigenvalue weighted by molar-refractivity contribution is 5.95. The van der Waals surface area contributed by atoms with Gasteiger partial charge < -0.3 is 14.7 Å². The van der Waals surface area contributed by atoms with Gasteiger partial charge in [-0.1, -0.05) is 18.2 Å². The Bertz CT molecular complexity index is 965. The molecule has 2 fully saturated rings. The van der Waals surface area contributed by atoms with Crippen molar-refractivity contribution in [3.05, 3.63) is 65.5 Å². The van der Waals surface area contributed by atoms with E-state index in [1.165, 1.54) is 24.3 Å². The molecule has 2 aromatic rings. The monoisotopic (exact) mass is 462 g/mol. The van der Waals surface area contributed by atoms with Crippen molar-refractivity contribution in [3.63, 3.8) is 0 Å². The smallest absolute Gasteiger partial charge is 0.376 e. The maximum Gasteiger partial charge on any atom is 0.421 e. The molecule has 178 valence electrons. The third kappa shape index (κ3) is 4.51. The summed E-state index contributed by atoms with van der Waals surface area (Å²) in [6.45, 7) is 0.715. The van der Waals surface area contributed by atoms with Crippen LogP contribution in [0.15, 0.2) is 48.8 Å². The van der Waals surface area contributed by atoms with Gasteiger partial charge in [0.05, 0.1) is 5.60 Å². The summed E-state index contributed by atoms with van der Waals surface area (Å²) in [6.07, 6.45) is 3.66. The Hall–Kier alpha value is -2.45. The van der Waals surface area contributed by atoms with Crippen LogP contribution in [0.4, 0.5) is 13.2 Å². The van der Waals surface area contributed by atoms with Gasteiger partial charge in [-0.15, -0.1) is 0 Å². The van der Waals surface area contributed by atoms with Crippen LogP contribution in [0.3, 0.4) is 0 Å². The van der Waals surface area contributed by atoms with Gasteiger partial charge in [-0.3, -0.25) is 9.78 Å². The molecule has 1 atom stereocenters. The van der Waals surface area contributed by atoms with Crippen molar-refractivity contribution in [3.8, 4) is 0 Å². The van der Waals surface area contributed by atoms with Crippen LogP contribution in [0, 0.1) is 0 Å². The molecule has 0 radical (unpaired) electrons. The van der Waals surface area contributed by atoms with Gasteiger partial charge in [0.15, 0.2) is 5.60 Å². The minimum absolute atomic E-state index is 0.0444. The first-order valence-electron chi connectivity index (χ1n) is 11.3. The van der Waals surface area contributed by atoms with Crippen molar-refractivity contribution in [2.24, 2.45) is 0 Å². The molecule has 5 nitrogen and oxygen atoms in total. The first-order valence-corrected chi connectivity index (χ1v) is 11.3. The maximum atomic E-state index is 13.4. The molecule has 4 rings (SSSR count). The van der Waals surface area contributed by atoms with Crippen molar-refractivity contribution >= 4 is 5.91 Å². The van der Waals surface area contributed by atoms with Crippen LogP contribution in [0.25, 0.3) is 0 Å². The predicted molar refractivity (Wildman–Crippen MR) is 116 cm³/mol. The van der Waals surface area contributed by atoms with Gasteiger partial charge >= 0.3 is 6.18 Å². The lowest BCUT2D eigenvalue weighted by Gasteiger charge is -2.43. The largest absolute Gasteiger partial charge is 0.421 e. The number of benzene rings is 1. The Kier molecular flexibility index (Phi) is 6.26. The van der Waals surface area contributed by atoms with Gasteiger partial charge in [0.1, 0.15) is 0 Å². The fourth-order valence-corrected chi connectivity index (χ4v) is 4.82. The van der Waals surface area contributed by atoms with E-state index in [9.17, 15) is 23.1 Å². The SMILES string of the molecule is CO[C@]1(c2cccnc2)CC[C@@H](N(C(=O)c2ccc([C@](C)(O)C(F)(F)F)cc2)C2CC2)CC1. The average molecular weight is 463 g/mol. The molecule has 0 saturated heterocycles. The Balaban J connectivity index is 1.50. The molecule has 2 aliphatic rings. The third-order valence-corrected chi connectivity index (χ3v) is 7.16. The second-order valence-corrected chi connectivity index (χ2v) is 9.26. The zero-order valence-electron chi connectivity index (χ0n) is 18.8. The Morgan fingerprint density at radius 3 is 2.18 bits per heavy atom. The molecule has 1 N–H and O–H groups in total. The summed E-state index contributed by atoms with van der Waals surface area (Å²) in [7, 11) is 1.70. The first kappa shape index (κ1) is 23.7. The number of methoxy groups -OCH3 is 1. The van der Waals surface area contributed by atoms with Gasteiger partial charge in [0.2, 0.25) is 0 Å². The minimum atomic E-state index is -4.80. The van der Waals surface area contributed by atoms with Crippen molar-refractivity contribution < 1.29 is 27.8 Å². The zero-order chi connectivity index (χ0) is 23.9. The molecular weight excluding hydrogens is 433 g/mol. The van der Waals surface area contributed by atoms with Gasteiger partial charge in [0.25, 0.3) is 5.91 Å². The molecular formula is C25H29F3N2O3. The third-order valence-electron chi connectivity index (χ3n) is 7.16. The number of aliphatic hydroxyl groups is 1. The van der Waals surface area contributed by atoms with E-state index in [0.29, 0.717) is 12.5 Å². The molecule has 1 aromatic carbocycles. The lowest BCUT2D eigenvalue weighted by Crippen LogP contribution is -2.47. The highest BCUT2D eigenvalue weighted by Gasteiger charge is 2.51. The summed E-state index contributed by atoms with van der Waals surface area (Å²) >= 11 is 0. The lowest BCUT2D eigenvalue weighted by molar-refractivity contribution is -0.258. The number of halogens is 3. The van der Waals surface area contributed by atoms with E-state index >= 15 is 0 Å². The molecule has 0 spiro atoms. The fourth-order valence-electron chi connectivity index (χ4n) is 4.82. The number of amides is 1. The number of aromatic nitrogens is 1. The standard InChI is InChI=1S/C25H29F3N2O3/c1-23(32,25(26,27)28)18-7-5-17(6-8-18)22(31)30(20-9-10-20)21-11-13-24(33-2,14-12-21)19-4-3-15-29-16-19/h3-8,15-16,20-21,32H,9-14H2,1-2H3/t21-,23-,24-/m0/s1. The van der Waals surface area contributed by atoms with Crippen LogP contribution < -0.4 is 0 Å². The number of carbonyl (C=O) groups excluding carboxylic acids is 1. The van der Waals surface area contributed by atoms with E-state index in [-0.39, 0.29) is 23.6 Å². The predicted octanol–water partition coefficient (Wildman–Crippen LogP) is 4.94. The second kappa shape index (κ2) is 8.72. The first-order chi connectivity index (χ1) is 15.6. The van der Waals surface area contributed by atoms with Crippen LogP contribution in [-0.4, -0.2) is 46.3 Å². The average Bonchev–Trinajstić information content (AvgIpc) is 3.65. The Labute approximate surface area is 191 Å². The van der Waals surface area contributed by atoms with Crippen molar-refractivity contribution in [1.82, 2.24) is 9.88 Å². The van der Waals surface area contributed by atoms with Gasteiger partial charge in [-0.2, -0.15) is 13.2 Å². The summed E-state index contributed by atoms with van der Waals surface area (Å²) in [5, 5.41) is 9.89. The highest BCUT2D eigenvalue weighted by Crippen LogP contribution is 2.44. The van der Waals surface area contributed by atoms with E-state index in [1.807, 2.05) is 23.2 Å². The summed E-state index contributed by atoms with van der Waals surface area (Å²) < 4.78 is 45.3. The van der Waals surface area contributed by atoms with Crippen molar-refractivity contribution in [1.29, 1.82) is 0 Å². The number of hydrogen-bond donors (Lipinski definition) is 1. The quantitative estimate of drug-likeness (QED) is 0.661. The number of alkyl halides is 3. The van der Waals surface area contributed by atoms with E-state index in [0.717, 1.165) is 44.1 Å².